The van der Waals surface area contributed by atoms with Gasteiger partial charge in [0.05, 0.1) is 6.54 Å². The summed E-state index contributed by atoms with van der Waals surface area (Å²) in [6.07, 6.45) is 4.54. The lowest BCUT2D eigenvalue weighted by molar-refractivity contribution is 0.720. The standard InChI is InChI=1S/C11H14N4S/c1-3-10-13-14-11(16)15(10)7-9-4-5-12-6-8(9)2/h4-6H,3,7H2,1-2H3,(H,14,16). The van der Waals surface area contributed by atoms with Gasteiger partial charge in [-0.2, -0.15) is 5.10 Å². The number of rotatable bonds is 3. The summed E-state index contributed by atoms with van der Waals surface area (Å²) in [5, 5.41) is 7.02. The van der Waals surface area contributed by atoms with Crippen LogP contribution in [-0.2, 0) is 13.0 Å². The molecule has 0 radical (unpaired) electrons. The van der Waals surface area contributed by atoms with Crippen LogP contribution in [0.15, 0.2) is 18.5 Å². The summed E-state index contributed by atoms with van der Waals surface area (Å²) in [5.74, 6) is 0.987. The van der Waals surface area contributed by atoms with Crippen LogP contribution in [0, 0.1) is 11.7 Å². The lowest BCUT2D eigenvalue weighted by Gasteiger charge is -2.07. The second kappa shape index (κ2) is 4.57. The zero-order valence-corrected chi connectivity index (χ0v) is 10.2. The maximum atomic E-state index is 5.21. The normalized spacial score (nSPS) is 10.6. The molecule has 0 aromatic carbocycles. The summed E-state index contributed by atoms with van der Waals surface area (Å²) in [6.45, 7) is 4.88. The molecule has 2 aromatic heterocycles. The van der Waals surface area contributed by atoms with Gasteiger partial charge in [0.15, 0.2) is 4.77 Å². The summed E-state index contributed by atoms with van der Waals surface area (Å²) in [6, 6.07) is 2.02. The molecular formula is C11H14N4S. The van der Waals surface area contributed by atoms with Crippen molar-refractivity contribution in [3.05, 3.63) is 40.2 Å². The van der Waals surface area contributed by atoms with Crippen LogP contribution in [0.4, 0.5) is 0 Å². The lowest BCUT2D eigenvalue weighted by Crippen LogP contribution is -2.06. The van der Waals surface area contributed by atoms with E-state index in [9.17, 15) is 0 Å². The van der Waals surface area contributed by atoms with Crippen molar-refractivity contribution in [2.75, 3.05) is 0 Å². The third-order valence-corrected chi connectivity index (χ3v) is 2.93. The van der Waals surface area contributed by atoms with E-state index in [0.29, 0.717) is 4.77 Å². The molecule has 1 N–H and O–H groups in total. The smallest absolute Gasteiger partial charge is 0.195 e. The Morgan fingerprint density at radius 1 is 1.50 bits per heavy atom. The van der Waals surface area contributed by atoms with Crippen molar-refractivity contribution < 1.29 is 0 Å². The summed E-state index contributed by atoms with van der Waals surface area (Å²) < 4.78 is 2.70. The van der Waals surface area contributed by atoms with Crippen LogP contribution < -0.4 is 0 Å². The quantitative estimate of drug-likeness (QED) is 0.829. The van der Waals surface area contributed by atoms with E-state index in [1.54, 1.807) is 6.20 Å². The minimum atomic E-state index is 0.674. The molecule has 2 rings (SSSR count). The predicted molar refractivity (Wildman–Crippen MR) is 64.9 cm³/mol. The van der Waals surface area contributed by atoms with Gasteiger partial charge in [-0.15, -0.1) is 0 Å². The Bertz CT molecular complexity index is 541. The maximum Gasteiger partial charge on any atom is 0.195 e. The molecule has 0 saturated heterocycles. The van der Waals surface area contributed by atoms with E-state index in [1.807, 2.05) is 16.8 Å². The highest BCUT2D eigenvalue weighted by atomic mass is 32.1. The highest BCUT2D eigenvalue weighted by Gasteiger charge is 2.05. The fourth-order valence-electron chi connectivity index (χ4n) is 1.63. The molecule has 0 saturated carbocycles. The molecule has 0 aliphatic rings. The van der Waals surface area contributed by atoms with Crippen LogP contribution in [0.3, 0.4) is 0 Å². The Morgan fingerprint density at radius 3 is 3.00 bits per heavy atom. The largest absolute Gasteiger partial charge is 0.300 e. The molecule has 0 spiro atoms. The van der Waals surface area contributed by atoms with E-state index in [2.05, 4.69) is 29.0 Å². The van der Waals surface area contributed by atoms with Gasteiger partial charge in [0.1, 0.15) is 5.82 Å². The molecule has 0 fully saturated rings. The summed E-state index contributed by atoms with van der Waals surface area (Å²) in [7, 11) is 0. The number of aromatic nitrogens is 4. The van der Waals surface area contributed by atoms with Crippen LogP contribution in [0.1, 0.15) is 23.9 Å². The van der Waals surface area contributed by atoms with Gasteiger partial charge in [-0.25, -0.2) is 0 Å². The first-order valence-electron chi connectivity index (χ1n) is 5.26. The molecule has 0 bridgehead atoms. The Balaban J connectivity index is 2.37. The molecule has 16 heavy (non-hydrogen) atoms. The van der Waals surface area contributed by atoms with Gasteiger partial charge in [-0.1, -0.05) is 6.92 Å². The first-order valence-corrected chi connectivity index (χ1v) is 5.66. The van der Waals surface area contributed by atoms with Crippen molar-refractivity contribution in [3.63, 3.8) is 0 Å². The number of hydrogen-bond donors (Lipinski definition) is 1. The highest BCUT2D eigenvalue weighted by molar-refractivity contribution is 7.71. The van der Waals surface area contributed by atoms with Crippen molar-refractivity contribution >= 4 is 12.2 Å². The van der Waals surface area contributed by atoms with Gasteiger partial charge in [0.25, 0.3) is 0 Å². The summed E-state index contributed by atoms with van der Waals surface area (Å²) in [5.41, 5.74) is 2.40. The van der Waals surface area contributed by atoms with Gasteiger partial charge in [-0.05, 0) is 36.3 Å². The highest BCUT2D eigenvalue weighted by Crippen LogP contribution is 2.09. The van der Waals surface area contributed by atoms with Crippen molar-refractivity contribution in [3.8, 4) is 0 Å². The van der Waals surface area contributed by atoms with Gasteiger partial charge in [0.2, 0.25) is 0 Å². The van der Waals surface area contributed by atoms with Gasteiger partial charge >= 0.3 is 0 Å². The average molecular weight is 234 g/mol. The molecule has 0 unspecified atom stereocenters. The molecule has 0 atom stereocenters. The number of aromatic amines is 1. The second-order valence-electron chi connectivity index (χ2n) is 3.69. The summed E-state index contributed by atoms with van der Waals surface area (Å²) >= 11 is 5.21. The minimum absolute atomic E-state index is 0.674. The molecule has 4 nitrogen and oxygen atoms in total. The fourth-order valence-corrected chi connectivity index (χ4v) is 1.85. The van der Waals surface area contributed by atoms with Gasteiger partial charge in [0, 0.05) is 18.8 Å². The summed E-state index contributed by atoms with van der Waals surface area (Å²) in [4.78, 5) is 4.08. The molecule has 0 aliphatic carbocycles. The fraction of sp³-hybridized carbons (Fsp3) is 0.364. The van der Waals surface area contributed by atoms with Gasteiger partial charge < -0.3 is 0 Å². The Morgan fingerprint density at radius 2 is 2.31 bits per heavy atom. The van der Waals surface area contributed by atoms with E-state index in [0.717, 1.165) is 18.8 Å². The molecule has 0 amide bonds. The Hall–Kier alpha value is -1.49. The lowest BCUT2D eigenvalue weighted by atomic mass is 10.1. The van der Waals surface area contributed by atoms with E-state index in [4.69, 9.17) is 12.2 Å². The molecule has 2 heterocycles. The molecule has 5 heteroatoms. The maximum absolute atomic E-state index is 5.21. The topological polar surface area (TPSA) is 46.5 Å². The first-order chi connectivity index (χ1) is 7.72. The molecule has 0 aliphatic heterocycles. The molecule has 2 aromatic rings. The average Bonchev–Trinajstić information content (AvgIpc) is 2.63. The predicted octanol–water partition coefficient (Wildman–Crippen LogP) is 2.25. The number of aryl methyl sites for hydroxylation is 2. The molecule has 84 valence electrons. The number of pyridine rings is 1. The number of nitrogens with zero attached hydrogens (tertiary/aromatic N) is 3. The zero-order chi connectivity index (χ0) is 11.5. The number of nitrogens with one attached hydrogen (secondary N) is 1. The third kappa shape index (κ3) is 2.04. The third-order valence-electron chi connectivity index (χ3n) is 2.62. The van der Waals surface area contributed by atoms with Crippen molar-refractivity contribution in [2.24, 2.45) is 0 Å². The van der Waals surface area contributed by atoms with E-state index in [-0.39, 0.29) is 0 Å². The SMILES string of the molecule is CCc1n[nH]c(=S)n1Cc1ccncc1C. The van der Waals surface area contributed by atoms with E-state index in [1.165, 1.54) is 11.1 Å². The Kier molecular flexibility index (Phi) is 3.14. The van der Waals surface area contributed by atoms with Crippen LogP contribution in [0.2, 0.25) is 0 Å². The molecular weight excluding hydrogens is 220 g/mol. The van der Waals surface area contributed by atoms with Crippen LogP contribution in [-0.4, -0.2) is 19.7 Å². The number of hydrogen-bond acceptors (Lipinski definition) is 3. The van der Waals surface area contributed by atoms with Crippen LogP contribution >= 0.6 is 12.2 Å². The van der Waals surface area contributed by atoms with Gasteiger partial charge in [-0.3, -0.25) is 14.6 Å². The van der Waals surface area contributed by atoms with E-state index < -0.39 is 0 Å². The first kappa shape index (κ1) is 11.0. The monoisotopic (exact) mass is 234 g/mol. The number of H-pyrrole nitrogens is 1. The van der Waals surface area contributed by atoms with Crippen molar-refractivity contribution in [2.45, 2.75) is 26.8 Å². The van der Waals surface area contributed by atoms with Crippen molar-refractivity contribution in [1.82, 2.24) is 19.7 Å². The van der Waals surface area contributed by atoms with Crippen LogP contribution in [0.5, 0.6) is 0 Å². The second-order valence-corrected chi connectivity index (χ2v) is 4.07. The Labute approximate surface area is 99.4 Å². The van der Waals surface area contributed by atoms with Crippen LogP contribution in [0.25, 0.3) is 0 Å². The van der Waals surface area contributed by atoms with E-state index >= 15 is 0 Å². The minimum Gasteiger partial charge on any atom is -0.300 e. The zero-order valence-electron chi connectivity index (χ0n) is 9.40. The van der Waals surface area contributed by atoms with Crippen molar-refractivity contribution in [1.29, 1.82) is 0 Å².